The largest absolute Gasteiger partial charge is 0.478 e. The van der Waals surface area contributed by atoms with Crippen LogP contribution in [-0.4, -0.2) is 61.5 Å². The van der Waals surface area contributed by atoms with Crippen LogP contribution in [0.3, 0.4) is 0 Å². The predicted octanol–water partition coefficient (Wildman–Crippen LogP) is 0.549. The average Bonchev–Trinajstić information content (AvgIpc) is 2.46. The molecule has 0 aliphatic carbocycles. The van der Waals surface area contributed by atoms with Crippen LogP contribution in [0, 0.1) is 6.92 Å². The summed E-state index contributed by atoms with van der Waals surface area (Å²) in [5.41, 5.74) is 0.829. The molecule has 23 heavy (non-hydrogen) atoms. The van der Waals surface area contributed by atoms with Gasteiger partial charge in [-0.15, -0.1) is 0 Å². The second kappa shape index (κ2) is 7.41. The Bertz CT molecular complexity index is 627. The minimum atomic E-state index is -3.42. The number of nitrogens with one attached hydrogen (secondary N) is 1. The number of ether oxygens (including phenoxy) is 1. The van der Waals surface area contributed by atoms with Gasteiger partial charge in [-0.1, -0.05) is 0 Å². The fraction of sp³-hybridized carbons (Fsp3) is 0.714. The van der Waals surface area contributed by atoms with E-state index in [1.807, 2.05) is 32.6 Å². The van der Waals surface area contributed by atoms with Crippen LogP contribution in [0.15, 0.2) is 6.07 Å². The topological polar surface area (TPSA) is 87.7 Å². The third kappa shape index (κ3) is 4.76. The van der Waals surface area contributed by atoms with Gasteiger partial charge in [0.25, 0.3) is 10.2 Å². The smallest absolute Gasteiger partial charge is 0.279 e. The van der Waals surface area contributed by atoms with Crippen molar-refractivity contribution in [2.75, 3.05) is 37.7 Å². The number of aromatic nitrogens is 2. The maximum absolute atomic E-state index is 12.2. The van der Waals surface area contributed by atoms with Gasteiger partial charge in [-0.25, -0.2) is 4.98 Å². The fourth-order valence-electron chi connectivity index (χ4n) is 2.39. The normalized spacial score (nSPS) is 16.8. The van der Waals surface area contributed by atoms with E-state index >= 15 is 0 Å². The quantitative estimate of drug-likeness (QED) is 0.811. The van der Waals surface area contributed by atoms with E-state index in [4.69, 9.17) is 4.74 Å². The Kier molecular flexibility index (Phi) is 5.77. The Hall–Kier alpha value is -1.45. The van der Waals surface area contributed by atoms with E-state index in [2.05, 4.69) is 14.7 Å². The summed E-state index contributed by atoms with van der Waals surface area (Å²) >= 11 is 0. The van der Waals surface area contributed by atoms with Gasteiger partial charge in [-0.2, -0.15) is 22.4 Å². The zero-order chi connectivity index (χ0) is 17.0. The van der Waals surface area contributed by atoms with Gasteiger partial charge in [-0.3, -0.25) is 0 Å². The molecule has 8 nitrogen and oxygen atoms in total. The molecule has 1 fully saturated rings. The van der Waals surface area contributed by atoms with Gasteiger partial charge in [0.2, 0.25) is 11.8 Å². The minimum Gasteiger partial charge on any atom is -0.478 e. The predicted molar refractivity (Wildman–Crippen MR) is 88.9 cm³/mol. The Balaban J connectivity index is 2.04. The first kappa shape index (κ1) is 17.9. The van der Waals surface area contributed by atoms with Crippen LogP contribution in [0.2, 0.25) is 0 Å². The van der Waals surface area contributed by atoms with E-state index in [1.54, 1.807) is 6.07 Å². The average molecular weight is 343 g/mol. The zero-order valence-corrected chi connectivity index (χ0v) is 14.9. The first-order chi connectivity index (χ1) is 10.8. The molecule has 0 atom stereocenters. The molecule has 9 heteroatoms. The molecule has 0 saturated carbocycles. The van der Waals surface area contributed by atoms with E-state index in [9.17, 15) is 8.42 Å². The van der Waals surface area contributed by atoms with Crippen molar-refractivity contribution in [2.45, 2.75) is 33.7 Å². The summed E-state index contributed by atoms with van der Waals surface area (Å²) in [7, 11) is -3.42. The molecule has 1 aliphatic rings. The van der Waals surface area contributed by atoms with E-state index in [-0.39, 0.29) is 6.04 Å². The molecule has 2 rings (SSSR count). The number of anilines is 1. The van der Waals surface area contributed by atoms with E-state index in [0.717, 1.165) is 5.69 Å². The summed E-state index contributed by atoms with van der Waals surface area (Å²) in [6, 6.07) is 1.67. The summed E-state index contributed by atoms with van der Waals surface area (Å²) in [5, 5.41) is 0. The molecule has 1 aromatic heterocycles. The highest BCUT2D eigenvalue weighted by Gasteiger charge is 2.28. The fourth-order valence-corrected chi connectivity index (χ4v) is 3.78. The van der Waals surface area contributed by atoms with Crippen molar-refractivity contribution in [2.24, 2.45) is 0 Å². The van der Waals surface area contributed by atoms with Crippen LogP contribution in [-0.2, 0) is 10.2 Å². The highest BCUT2D eigenvalue weighted by molar-refractivity contribution is 7.87. The van der Waals surface area contributed by atoms with E-state index < -0.39 is 10.2 Å². The summed E-state index contributed by atoms with van der Waals surface area (Å²) in [6.45, 7) is 9.87. The molecule has 130 valence electrons. The van der Waals surface area contributed by atoms with E-state index in [1.165, 1.54) is 4.31 Å². The number of hydrogen-bond acceptors (Lipinski definition) is 6. The van der Waals surface area contributed by atoms with Gasteiger partial charge in [0.1, 0.15) is 0 Å². The molecule has 1 N–H and O–H groups in total. The Morgan fingerprint density at radius 3 is 2.48 bits per heavy atom. The molecular weight excluding hydrogens is 318 g/mol. The molecular formula is C14H25N5O3S. The molecule has 0 amide bonds. The van der Waals surface area contributed by atoms with Crippen molar-refractivity contribution in [3.8, 4) is 5.88 Å². The number of rotatable bonds is 6. The molecule has 0 aromatic carbocycles. The monoisotopic (exact) mass is 343 g/mol. The van der Waals surface area contributed by atoms with Crippen LogP contribution in [0.1, 0.15) is 26.5 Å². The first-order valence-corrected chi connectivity index (χ1v) is 9.26. The minimum absolute atomic E-state index is 0.119. The van der Waals surface area contributed by atoms with Gasteiger partial charge in [0.05, 0.1) is 6.61 Å². The highest BCUT2D eigenvalue weighted by atomic mass is 32.2. The van der Waals surface area contributed by atoms with E-state index in [0.29, 0.717) is 44.6 Å². The van der Waals surface area contributed by atoms with Gasteiger partial charge in [0.15, 0.2) is 0 Å². The second-order valence-electron chi connectivity index (χ2n) is 5.74. The standard InChI is InChI=1S/C14H25N5O3S/c1-5-22-13-10-12(4)15-14(16-13)18-6-8-19(9-7-18)23(20,21)17-11(2)3/h10-11,17H,5-9H2,1-4H3. The number of aryl methyl sites for hydroxylation is 1. The Labute approximate surface area is 138 Å². The summed E-state index contributed by atoms with van der Waals surface area (Å²) < 4.78 is 33.9. The molecule has 0 unspecified atom stereocenters. The van der Waals surface area contributed by atoms with Crippen LogP contribution >= 0.6 is 0 Å². The summed E-state index contributed by atoms with van der Waals surface area (Å²) in [4.78, 5) is 10.8. The molecule has 0 radical (unpaired) electrons. The van der Waals surface area contributed by atoms with Crippen LogP contribution in [0.25, 0.3) is 0 Å². The van der Waals surface area contributed by atoms with Crippen LogP contribution in [0.4, 0.5) is 5.95 Å². The lowest BCUT2D eigenvalue weighted by Crippen LogP contribution is -2.53. The molecule has 0 bridgehead atoms. The lowest BCUT2D eigenvalue weighted by molar-refractivity contribution is 0.324. The third-order valence-electron chi connectivity index (χ3n) is 3.36. The Morgan fingerprint density at radius 2 is 1.91 bits per heavy atom. The first-order valence-electron chi connectivity index (χ1n) is 7.82. The lowest BCUT2D eigenvalue weighted by Gasteiger charge is -2.34. The van der Waals surface area contributed by atoms with Crippen molar-refractivity contribution in [1.29, 1.82) is 0 Å². The van der Waals surface area contributed by atoms with Gasteiger partial charge in [0, 0.05) is 44.0 Å². The van der Waals surface area contributed by atoms with Crippen molar-refractivity contribution < 1.29 is 13.2 Å². The molecule has 1 saturated heterocycles. The number of hydrogen-bond donors (Lipinski definition) is 1. The number of nitrogens with zero attached hydrogens (tertiary/aromatic N) is 4. The van der Waals surface area contributed by atoms with Crippen LogP contribution in [0.5, 0.6) is 5.88 Å². The number of piperazine rings is 1. The summed E-state index contributed by atoms with van der Waals surface area (Å²) in [6.07, 6.45) is 0. The molecule has 1 aliphatic heterocycles. The lowest BCUT2D eigenvalue weighted by atomic mass is 10.4. The highest BCUT2D eigenvalue weighted by Crippen LogP contribution is 2.18. The SMILES string of the molecule is CCOc1cc(C)nc(N2CCN(S(=O)(=O)NC(C)C)CC2)n1. The third-order valence-corrected chi connectivity index (χ3v) is 5.17. The van der Waals surface area contributed by atoms with Gasteiger partial charge < -0.3 is 9.64 Å². The molecule has 2 heterocycles. The summed E-state index contributed by atoms with van der Waals surface area (Å²) in [5.74, 6) is 1.13. The van der Waals surface area contributed by atoms with Crippen molar-refractivity contribution >= 4 is 16.2 Å². The maximum Gasteiger partial charge on any atom is 0.279 e. The van der Waals surface area contributed by atoms with Gasteiger partial charge in [-0.05, 0) is 27.7 Å². The van der Waals surface area contributed by atoms with Crippen molar-refractivity contribution in [3.63, 3.8) is 0 Å². The molecule has 0 spiro atoms. The maximum atomic E-state index is 12.2. The second-order valence-corrected chi connectivity index (χ2v) is 7.45. The van der Waals surface area contributed by atoms with Gasteiger partial charge >= 0.3 is 0 Å². The van der Waals surface area contributed by atoms with Crippen molar-refractivity contribution in [3.05, 3.63) is 11.8 Å². The zero-order valence-electron chi connectivity index (χ0n) is 14.1. The molecule has 1 aromatic rings. The van der Waals surface area contributed by atoms with Crippen LogP contribution < -0.4 is 14.4 Å². The van der Waals surface area contributed by atoms with Crippen molar-refractivity contribution in [1.82, 2.24) is 19.0 Å². The Morgan fingerprint density at radius 1 is 1.26 bits per heavy atom.